The predicted molar refractivity (Wildman–Crippen MR) is 77.7 cm³/mol. The van der Waals surface area contributed by atoms with Crippen molar-refractivity contribution in [2.24, 2.45) is 5.92 Å². The molecule has 1 amide bonds. The molecule has 0 aromatic heterocycles. The molecule has 0 aliphatic carbocycles. The highest BCUT2D eigenvalue weighted by Gasteiger charge is 2.32. The first-order valence-electron chi connectivity index (χ1n) is 7.02. The largest absolute Gasteiger partial charge is 0.389 e. The molecule has 1 fully saturated rings. The SMILES string of the molecule is CCS(=O)(=O)N1CCC(C(=O)N(C)CC(C)(C)O)CC1. The monoisotopic (exact) mass is 306 g/mol. The van der Waals surface area contributed by atoms with Gasteiger partial charge in [0.05, 0.1) is 11.4 Å². The highest BCUT2D eigenvalue weighted by Crippen LogP contribution is 2.22. The second kappa shape index (κ2) is 6.41. The average molecular weight is 306 g/mol. The third-order valence-corrected chi connectivity index (χ3v) is 5.44. The number of likely N-dealkylation sites (N-methyl/N-ethyl adjacent to an activating group) is 1. The molecule has 0 saturated carbocycles. The number of piperidine rings is 1. The Balaban J connectivity index is 2.55. The molecule has 1 saturated heterocycles. The molecule has 0 unspecified atom stereocenters. The van der Waals surface area contributed by atoms with E-state index in [1.54, 1.807) is 27.8 Å². The number of hydrogen-bond donors (Lipinski definition) is 1. The van der Waals surface area contributed by atoms with Crippen LogP contribution in [-0.2, 0) is 14.8 Å². The summed E-state index contributed by atoms with van der Waals surface area (Å²) in [6.45, 7) is 6.04. The van der Waals surface area contributed by atoms with Gasteiger partial charge in [-0.15, -0.1) is 0 Å². The third-order valence-electron chi connectivity index (χ3n) is 3.56. The third kappa shape index (κ3) is 4.71. The van der Waals surface area contributed by atoms with Crippen molar-refractivity contribution in [2.75, 3.05) is 32.4 Å². The van der Waals surface area contributed by atoms with Crippen LogP contribution in [0.15, 0.2) is 0 Å². The van der Waals surface area contributed by atoms with Crippen LogP contribution in [0.1, 0.15) is 33.6 Å². The van der Waals surface area contributed by atoms with Crippen LogP contribution in [0.3, 0.4) is 0 Å². The number of hydrogen-bond acceptors (Lipinski definition) is 4. The Bertz CT molecular complexity index is 434. The fraction of sp³-hybridized carbons (Fsp3) is 0.923. The number of carbonyl (C=O) groups excluding carboxylic acids is 1. The molecule has 1 N–H and O–H groups in total. The van der Waals surface area contributed by atoms with E-state index in [2.05, 4.69) is 0 Å². The molecular weight excluding hydrogens is 280 g/mol. The Kier molecular flexibility index (Phi) is 5.57. The van der Waals surface area contributed by atoms with E-state index in [4.69, 9.17) is 0 Å². The molecular formula is C13H26N2O4S. The highest BCUT2D eigenvalue weighted by atomic mass is 32.2. The van der Waals surface area contributed by atoms with Crippen molar-refractivity contribution >= 4 is 15.9 Å². The first-order valence-corrected chi connectivity index (χ1v) is 8.63. The van der Waals surface area contributed by atoms with Gasteiger partial charge in [0.25, 0.3) is 0 Å². The zero-order chi connectivity index (χ0) is 15.6. The maximum Gasteiger partial charge on any atom is 0.225 e. The maximum absolute atomic E-state index is 12.2. The Hall–Kier alpha value is -0.660. The second-order valence-electron chi connectivity index (χ2n) is 6.08. The van der Waals surface area contributed by atoms with Crippen LogP contribution in [0, 0.1) is 5.92 Å². The van der Waals surface area contributed by atoms with Crippen molar-refractivity contribution in [3.8, 4) is 0 Å². The topological polar surface area (TPSA) is 77.9 Å². The lowest BCUT2D eigenvalue weighted by Gasteiger charge is -2.33. The van der Waals surface area contributed by atoms with E-state index in [1.807, 2.05) is 0 Å². The lowest BCUT2D eigenvalue weighted by Crippen LogP contribution is -2.46. The summed E-state index contributed by atoms with van der Waals surface area (Å²) in [7, 11) is -1.47. The van der Waals surface area contributed by atoms with Crippen molar-refractivity contribution in [3.63, 3.8) is 0 Å². The average Bonchev–Trinajstić information content (AvgIpc) is 2.36. The van der Waals surface area contributed by atoms with Crippen LogP contribution in [0.25, 0.3) is 0 Å². The Morgan fingerprint density at radius 3 is 2.25 bits per heavy atom. The van der Waals surface area contributed by atoms with E-state index in [0.717, 1.165) is 0 Å². The van der Waals surface area contributed by atoms with Gasteiger partial charge in [0.1, 0.15) is 0 Å². The van der Waals surface area contributed by atoms with Crippen molar-refractivity contribution in [1.82, 2.24) is 9.21 Å². The van der Waals surface area contributed by atoms with Crippen LogP contribution < -0.4 is 0 Å². The molecule has 1 aliphatic rings. The van der Waals surface area contributed by atoms with Crippen molar-refractivity contribution in [3.05, 3.63) is 0 Å². The number of nitrogens with zero attached hydrogens (tertiary/aromatic N) is 2. The van der Waals surface area contributed by atoms with Gasteiger partial charge >= 0.3 is 0 Å². The van der Waals surface area contributed by atoms with Gasteiger partial charge in [0.2, 0.25) is 15.9 Å². The molecule has 0 atom stereocenters. The fourth-order valence-corrected chi connectivity index (χ4v) is 3.67. The molecule has 1 rings (SSSR count). The molecule has 7 heteroatoms. The van der Waals surface area contributed by atoms with Crippen molar-refractivity contribution in [1.29, 1.82) is 0 Å². The second-order valence-corrected chi connectivity index (χ2v) is 8.34. The number of aliphatic hydroxyl groups is 1. The first-order chi connectivity index (χ1) is 9.07. The number of amides is 1. The summed E-state index contributed by atoms with van der Waals surface area (Å²) >= 11 is 0. The van der Waals surface area contributed by atoms with Gasteiger partial charge in [-0.1, -0.05) is 0 Å². The van der Waals surface area contributed by atoms with Crippen molar-refractivity contribution < 1.29 is 18.3 Å². The van der Waals surface area contributed by atoms with Crippen LogP contribution in [0.2, 0.25) is 0 Å². The van der Waals surface area contributed by atoms with E-state index in [0.29, 0.717) is 25.9 Å². The Morgan fingerprint density at radius 2 is 1.85 bits per heavy atom. The smallest absolute Gasteiger partial charge is 0.225 e. The lowest BCUT2D eigenvalue weighted by molar-refractivity contribution is -0.138. The molecule has 0 bridgehead atoms. The molecule has 1 heterocycles. The van der Waals surface area contributed by atoms with Gasteiger partial charge in [0, 0.05) is 32.6 Å². The minimum atomic E-state index is -3.15. The van der Waals surface area contributed by atoms with E-state index >= 15 is 0 Å². The van der Waals surface area contributed by atoms with Crippen LogP contribution in [-0.4, -0.2) is 66.7 Å². The summed E-state index contributed by atoms with van der Waals surface area (Å²) in [5.41, 5.74) is -0.920. The maximum atomic E-state index is 12.2. The van der Waals surface area contributed by atoms with Gasteiger partial charge in [-0.05, 0) is 33.6 Å². The summed E-state index contributed by atoms with van der Waals surface area (Å²) < 4.78 is 25.0. The predicted octanol–water partition coefficient (Wildman–Crippen LogP) is 0.277. The van der Waals surface area contributed by atoms with Gasteiger partial charge in [-0.25, -0.2) is 12.7 Å². The van der Waals surface area contributed by atoms with Gasteiger partial charge < -0.3 is 10.0 Å². The molecule has 0 spiro atoms. The zero-order valence-corrected chi connectivity index (χ0v) is 13.6. The quantitative estimate of drug-likeness (QED) is 0.791. The number of rotatable bonds is 5. The molecule has 118 valence electrons. The lowest BCUT2D eigenvalue weighted by atomic mass is 9.96. The standard InChI is InChI=1S/C13H26N2O4S/c1-5-20(18,19)15-8-6-11(7-9-15)12(16)14(4)10-13(2,3)17/h11,17H,5-10H2,1-4H3. The molecule has 0 radical (unpaired) electrons. The summed E-state index contributed by atoms with van der Waals surface area (Å²) in [6.07, 6.45) is 1.10. The summed E-state index contributed by atoms with van der Waals surface area (Å²) in [6, 6.07) is 0. The normalized spacial score (nSPS) is 19.1. The zero-order valence-electron chi connectivity index (χ0n) is 12.8. The Morgan fingerprint density at radius 1 is 1.35 bits per heavy atom. The molecule has 1 aliphatic heterocycles. The van der Waals surface area contributed by atoms with Crippen LogP contribution in [0.4, 0.5) is 0 Å². The van der Waals surface area contributed by atoms with E-state index in [-0.39, 0.29) is 24.1 Å². The highest BCUT2D eigenvalue weighted by molar-refractivity contribution is 7.89. The molecule has 20 heavy (non-hydrogen) atoms. The van der Waals surface area contributed by atoms with Crippen molar-refractivity contribution in [2.45, 2.75) is 39.2 Å². The summed E-state index contributed by atoms with van der Waals surface area (Å²) in [5.74, 6) is -0.0594. The van der Waals surface area contributed by atoms with E-state index in [1.165, 1.54) is 9.21 Å². The minimum Gasteiger partial charge on any atom is -0.389 e. The number of carbonyl (C=O) groups is 1. The number of sulfonamides is 1. The Labute approximate surface area is 121 Å². The summed E-state index contributed by atoms with van der Waals surface area (Å²) in [5, 5.41) is 9.73. The summed E-state index contributed by atoms with van der Waals surface area (Å²) in [4.78, 5) is 13.8. The van der Waals surface area contributed by atoms with Gasteiger partial charge in [-0.3, -0.25) is 4.79 Å². The van der Waals surface area contributed by atoms with Gasteiger partial charge in [-0.2, -0.15) is 0 Å². The minimum absolute atomic E-state index is 0.0133. The molecule has 0 aromatic carbocycles. The fourth-order valence-electron chi connectivity index (χ4n) is 2.53. The van der Waals surface area contributed by atoms with E-state index < -0.39 is 15.6 Å². The molecule has 0 aromatic rings. The first kappa shape index (κ1) is 17.4. The van der Waals surface area contributed by atoms with Gasteiger partial charge in [0.15, 0.2) is 0 Å². The van der Waals surface area contributed by atoms with Crippen LogP contribution >= 0.6 is 0 Å². The van der Waals surface area contributed by atoms with Crippen LogP contribution in [0.5, 0.6) is 0 Å². The molecule has 6 nitrogen and oxygen atoms in total. The van der Waals surface area contributed by atoms with E-state index in [9.17, 15) is 18.3 Å².